The Morgan fingerprint density at radius 3 is 2.94 bits per heavy atom. The highest BCUT2D eigenvalue weighted by Gasteiger charge is 2.05. The maximum Gasteiger partial charge on any atom is 0.0968 e. The number of aryl methyl sites for hydroxylation is 1. The van der Waals surface area contributed by atoms with Crippen LogP contribution in [0.3, 0.4) is 0 Å². The Morgan fingerprint density at radius 2 is 2.29 bits per heavy atom. The van der Waals surface area contributed by atoms with Crippen molar-refractivity contribution in [2.75, 3.05) is 19.3 Å². The molecule has 0 aliphatic rings. The molecule has 1 rings (SSSR count). The number of aliphatic imine (C=N–C) groups is 1. The predicted molar refractivity (Wildman–Crippen MR) is 78.5 cm³/mol. The van der Waals surface area contributed by atoms with Gasteiger partial charge in [-0.1, -0.05) is 24.3 Å². The summed E-state index contributed by atoms with van der Waals surface area (Å²) in [6.07, 6.45) is 1.53. The highest BCUT2D eigenvalue weighted by atomic mass is 79.9. The van der Waals surface area contributed by atoms with Crippen LogP contribution in [0.2, 0.25) is 0 Å². The van der Waals surface area contributed by atoms with Gasteiger partial charge in [0.05, 0.1) is 4.62 Å². The van der Waals surface area contributed by atoms with Gasteiger partial charge in [-0.2, -0.15) is 0 Å². The summed E-state index contributed by atoms with van der Waals surface area (Å²) in [6.45, 7) is 7.17. The van der Waals surface area contributed by atoms with Crippen molar-refractivity contribution in [3.05, 3.63) is 42.1 Å². The van der Waals surface area contributed by atoms with Crippen molar-refractivity contribution in [3.63, 3.8) is 0 Å². The fourth-order valence-electron chi connectivity index (χ4n) is 1.58. The van der Waals surface area contributed by atoms with E-state index < -0.39 is 0 Å². The first kappa shape index (κ1) is 13.9. The topological polar surface area (TPSA) is 41.6 Å². The molecule has 0 saturated carbocycles. The summed E-state index contributed by atoms with van der Waals surface area (Å²) in [5.74, 6) is 0. The van der Waals surface area contributed by atoms with Gasteiger partial charge >= 0.3 is 0 Å². The standard InChI is InChI=1S/C13H18BrN3/c1-4-16-13(14)9-17(3)8-11-7-10(2)5-6-12(11)15/h4-7H,1,8-9,15H2,2-3H3. The van der Waals surface area contributed by atoms with E-state index in [0.29, 0.717) is 0 Å². The third kappa shape index (κ3) is 4.71. The number of halogens is 1. The molecule has 0 spiro atoms. The highest BCUT2D eigenvalue weighted by Crippen LogP contribution is 2.15. The molecule has 0 saturated heterocycles. The molecule has 0 unspecified atom stereocenters. The predicted octanol–water partition coefficient (Wildman–Crippen LogP) is 2.95. The molecule has 0 fully saturated rings. The van der Waals surface area contributed by atoms with Crippen LogP contribution >= 0.6 is 15.9 Å². The Morgan fingerprint density at radius 1 is 1.59 bits per heavy atom. The summed E-state index contributed by atoms with van der Waals surface area (Å²) < 4.78 is 0.862. The molecule has 0 aliphatic heterocycles. The molecular formula is C13H18BrN3. The molecule has 1 aromatic carbocycles. The van der Waals surface area contributed by atoms with Crippen LogP contribution in [-0.2, 0) is 6.54 Å². The van der Waals surface area contributed by atoms with E-state index in [1.807, 2.05) is 19.2 Å². The molecule has 4 heteroatoms. The van der Waals surface area contributed by atoms with Crippen LogP contribution in [0.15, 0.2) is 36.0 Å². The molecule has 0 radical (unpaired) electrons. The molecule has 0 aromatic heterocycles. The van der Waals surface area contributed by atoms with Crippen molar-refractivity contribution in [2.24, 2.45) is 4.99 Å². The Kier molecular flexibility index (Phi) is 5.38. The number of hydrogen-bond acceptors (Lipinski definition) is 3. The van der Waals surface area contributed by atoms with Crippen LogP contribution < -0.4 is 5.73 Å². The van der Waals surface area contributed by atoms with Gasteiger partial charge in [-0.3, -0.25) is 9.89 Å². The van der Waals surface area contributed by atoms with Gasteiger partial charge in [0.2, 0.25) is 0 Å². The molecule has 0 bridgehead atoms. The molecule has 0 aliphatic carbocycles. The van der Waals surface area contributed by atoms with Gasteiger partial charge in [-0.25, -0.2) is 0 Å². The van der Waals surface area contributed by atoms with E-state index in [-0.39, 0.29) is 0 Å². The van der Waals surface area contributed by atoms with E-state index in [0.717, 1.165) is 29.0 Å². The van der Waals surface area contributed by atoms with Crippen LogP contribution in [0.4, 0.5) is 5.69 Å². The van der Waals surface area contributed by atoms with E-state index in [1.165, 1.54) is 11.8 Å². The van der Waals surface area contributed by atoms with E-state index in [1.54, 1.807) is 0 Å². The molecule has 0 heterocycles. The minimum atomic E-state index is 0.736. The lowest BCUT2D eigenvalue weighted by Gasteiger charge is -2.17. The first-order valence-corrected chi connectivity index (χ1v) is 6.19. The van der Waals surface area contributed by atoms with Crippen molar-refractivity contribution in [2.45, 2.75) is 13.5 Å². The summed E-state index contributed by atoms with van der Waals surface area (Å²) in [5.41, 5.74) is 9.14. The highest BCUT2D eigenvalue weighted by molar-refractivity contribution is 9.18. The molecule has 1 aromatic rings. The maximum atomic E-state index is 5.94. The van der Waals surface area contributed by atoms with Gasteiger partial charge in [0.1, 0.15) is 0 Å². The minimum Gasteiger partial charge on any atom is -0.398 e. The zero-order valence-electron chi connectivity index (χ0n) is 10.3. The van der Waals surface area contributed by atoms with Crippen molar-refractivity contribution in [3.8, 4) is 0 Å². The van der Waals surface area contributed by atoms with E-state index in [4.69, 9.17) is 5.73 Å². The van der Waals surface area contributed by atoms with Crippen LogP contribution in [-0.4, -0.2) is 23.1 Å². The average molecular weight is 296 g/mol. The lowest BCUT2D eigenvalue weighted by Crippen LogP contribution is -2.23. The lowest BCUT2D eigenvalue weighted by molar-refractivity contribution is 0.376. The number of rotatable bonds is 5. The van der Waals surface area contributed by atoms with Crippen LogP contribution in [0.5, 0.6) is 0 Å². The minimum absolute atomic E-state index is 0.736. The van der Waals surface area contributed by atoms with E-state index >= 15 is 0 Å². The second-order valence-electron chi connectivity index (χ2n) is 4.06. The van der Waals surface area contributed by atoms with Gasteiger partial charge in [-0.05, 0) is 41.5 Å². The number of nitrogens with two attached hydrogens (primary N) is 1. The number of hydrogen-bond donors (Lipinski definition) is 1. The number of nitrogens with zero attached hydrogens (tertiary/aromatic N) is 2. The van der Waals surface area contributed by atoms with Crippen molar-refractivity contribution < 1.29 is 0 Å². The average Bonchev–Trinajstić information content (AvgIpc) is 2.23. The van der Waals surface area contributed by atoms with Crippen molar-refractivity contribution >= 4 is 26.2 Å². The Balaban J connectivity index is 2.67. The second-order valence-corrected chi connectivity index (χ2v) is 4.98. The SMILES string of the molecule is C=CN=C(Br)CN(C)Cc1cc(C)ccc1N. The molecule has 0 atom stereocenters. The zero-order valence-corrected chi connectivity index (χ0v) is 11.9. The van der Waals surface area contributed by atoms with Gasteiger partial charge in [0.15, 0.2) is 0 Å². The number of anilines is 1. The molecular weight excluding hydrogens is 278 g/mol. The molecule has 2 N–H and O–H groups in total. The van der Waals surface area contributed by atoms with E-state index in [2.05, 4.69) is 45.4 Å². The van der Waals surface area contributed by atoms with Crippen molar-refractivity contribution in [1.29, 1.82) is 0 Å². The lowest BCUT2D eigenvalue weighted by atomic mass is 10.1. The quantitative estimate of drug-likeness (QED) is 0.670. The smallest absolute Gasteiger partial charge is 0.0968 e. The summed E-state index contributed by atoms with van der Waals surface area (Å²) in [5, 5.41) is 0. The van der Waals surface area contributed by atoms with Crippen LogP contribution in [0.1, 0.15) is 11.1 Å². The molecule has 0 amide bonds. The van der Waals surface area contributed by atoms with Crippen LogP contribution in [0, 0.1) is 6.92 Å². The Bertz CT molecular complexity index is 427. The molecule has 3 nitrogen and oxygen atoms in total. The van der Waals surface area contributed by atoms with Crippen molar-refractivity contribution in [1.82, 2.24) is 4.90 Å². The second kappa shape index (κ2) is 6.57. The summed E-state index contributed by atoms with van der Waals surface area (Å²) in [7, 11) is 2.03. The maximum absolute atomic E-state index is 5.94. The monoisotopic (exact) mass is 295 g/mol. The van der Waals surface area contributed by atoms with Gasteiger partial charge in [0.25, 0.3) is 0 Å². The fraction of sp³-hybridized carbons (Fsp3) is 0.308. The number of nitrogen functional groups attached to an aromatic ring is 1. The molecule has 17 heavy (non-hydrogen) atoms. The van der Waals surface area contributed by atoms with Gasteiger partial charge < -0.3 is 5.73 Å². The summed E-state index contributed by atoms with van der Waals surface area (Å²) in [6, 6.07) is 6.09. The fourth-order valence-corrected chi connectivity index (χ4v) is 2.15. The molecule has 92 valence electrons. The first-order valence-electron chi connectivity index (χ1n) is 5.39. The summed E-state index contributed by atoms with van der Waals surface area (Å²) >= 11 is 3.39. The Hall–Kier alpha value is -1.13. The largest absolute Gasteiger partial charge is 0.398 e. The Labute approximate surface area is 111 Å². The summed E-state index contributed by atoms with van der Waals surface area (Å²) in [4.78, 5) is 6.21. The van der Waals surface area contributed by atoms with Crippen LogP contribution in [0.25, 0.3) is 0 Å². The van der Waals surface area contributed by atoms with Gasteiger partial charge in [0, 0.05) is 25.0 Å². The first-order chi connectivity index (χ1) is 8.02. The normalized spacial score (nSPS) is 11.9. The van der Waals surface area contributed by atoms with Gasteiger partial charge in [-0.15, -0.1) is 0 Å². The third-order valence-electron chi connectivity index (χ3n) is 2.37. The van der Waals surface area contributed by atoms with E-state index in [9.17, 15) is 0 Å². The third-order valence-corrected chi connectivity index (χ3v) is 2.83. The number of benzene rings is 1. The zero-order chi connectivity index (χ0) is 12.8.